The van der Waals surface area contributed by atoms with Gasteiger partial charge in [-0.3, -0.25) is 10.1 Å². The number of rotatable bonds is 5. The lowest BCUT2D eigenvalue weighted by Crippen LogP contribution is -2.06. The number of benzene rings is 3. The van der Waals surface area contributed by atoms with Crippen molar-refractivity contribution in [2.45, 2.75) is 6.18 Å². The molecule has 0 saturated heterocycles. The van der Waals surface area contributed by atoms with Crippen LogP contribution in [-0.2, 0) is 15.8 Å². The monoisotopic (exact) mass is 454 g/mol. The predicted octanol–water partition coefficient (Wildman–Crippen LogP) is 5.75. The van der Waals surface area contributed by atoms with Crippen molar-refractivity contribution in [3.63, 3.8) is 0 Å². The highest BCUT2D eigenvalue weighted by molar-refractivity contribution is 6.31. The number of alkyl halides is 3. The number of nitro groups is 1. The van der Waals surface area contributed by atoms with Gasteiger partial charge in [-0.15, -0.1) is 0 Å². The smallest absolute Gasteiger partial charge is 0.416 e. The molecule has 0 fully saturated rings. The molecule has 3 aromatic carbocycles. The SMILES string of the molecule is O=C1ON=C(c2ccccc2)C1=Cc1ccc(Oc2ccc(C(F)(F)F)cc2[N+](=O)[O-])cc1. The van der Waals surface area contributed by atoms with Crippen molar-refractivity contribution in [1.82, 2.24) is 0 Å². The van der Waals surface area contributed by atoms with Crippen LogP contribution in [0.25, 0.3) is 6.08 Å². The molecule has 0 amide bonds. The Balaban J connectivity index is 1.58. The summed E-state index contributed by atoms with van der Waals surface area (Å²) in [7, 11) is 0. The van der Waals surface area contributed by atoms with E-state index in [1.54, 1.807) is 42.5 Å². The molecular formula is C23H13F3N2O5. The second kappa shape index (κ2) is 8.58. The Morgan fingerprint density at radius 2 is 1.70 bits per heavy atom. The molecule has 1 heterocycles. The van der Waals surface area contributed by atoms with Crippen molar-refractivity contribution in [3.05, 3.63) is 105 Å². The molecule has 0 unspecified atom stereocenters. The third kappa shape index (κ3) is 4.74. The average Bonchev–Trinajstić information content (AvgIpc) is 3.15. The predicted molar refractivity (Wildman–Crippen MR) is 112 cm³/mol. The number of nitro benzene ring substituents is 1. The van der Waals surface area contributed by atoms with Gasteiger partial charge in [-0.25, -0.2) is 4.79 Å². The van der Waals surface area contributed by atoms with Crippen LogP contribution in [0.3, 0.4) is 0 Å². The molecule has 1 aliphatic rings. The highest BCUT2D eigenvalue weighted by Gasteiger charge is 2.33. The molecule has 3 aromatic rings. The Morgan fingerprint density at radius 3 is 2.33 bits per heavy atom. The second-order valence-corrected chi connectivity index (χ2v) is 6.85. The molecule has 0 saturated carbocycles. The largest absolute Gasteiger partial charge is 0.450 e. The van der Waals surface area contributed by atoms with Gasteiger partial charge >= 0.3 is 17.8 Å². The van der Waals surface area contributed by atoms with Gasteiger partial charge in [0.2, 0.25) is 5.75 Å². The molecule has 1 aliphatic heterocycles. The first-order chi connectivity index (χ1) is 15.7. The van der Waals surface area contributed by atoms with Gasteiger partial charge in [-0.05, 0) is 35.9 Å². The zero-order valence-electron chi connectivity index (χ0n) is 16.6. The van der Waals surface area contributed by atoms with Crippen LogP contribution in [-0.4, -0.2) is 16.6 Å². The summed E-state index contributed by atoms with van der Waals surface area (Å²) >= 11 is 0. The van der Waals surface area contributed by atoms with Crippen LogP contribution in [0.1, 0.15) is 16.7 Å². The summed E-state index contributed by atoms with van der Waals surface area (Å²) in [6.45, 7) is 0. The highest BCUT2D eigenvalue weighted by atomic mass is 19.4. The number of carbonyl (C=O) groups is 1. The average molecular weight is 454 g/mol. The zero-order chi connectivity index (χ0) is 23.6. The molecule has 33 heavy (non-hydrogen) atoms. The van der Waals surface area contributed by atoms with Crippen LogP contribution in [0.15, 0.2) is 83.5 Å². The number of ether oxygens (including phenoxy) is 1. The molecule has 0 atom stereocenters. The molecule has 0 bridgehead atoms. The Kier molecular flexibility index (Phi) is 5.65. The number of oxime groups is 1. The third-order valence-electron chi connectivity index (χ3n) is 4.64. The quantitative estimate of drug-likeness (QED) is 0.212. The standard InChI is InChI=1S/C23H13F3N2O5/c24-23(25,26)16-8-11-20(19(13-16)28(30)31)32-17-9-6-14(7-10-17)12-18-21(27-33-22(18)29)15-4-2-1-3-5-15/h1-13H. The lowest BCUT2D eigenvalue weighted by molar-refractivity contribution is -0.385. The maximum absolute atomic E-state index is 12.9. The Labute approximate surface area is 184 Å². The minimum absolute atomic E-state index is 0.158. The number of carbonyl (C=O) groups excluding carboxylic acids is 1. The Morgan fingerprint density at radius 1 is 1.00 bits per heavy atom. The molecule has 0 spiro atoms. The molecule has 0 N–H and O–H groups in total. The van der Waals surface area contributed by atoms with E-state index in [9.17, 15) is 28.1 Å². The van der Waals surface area contributed by atoms with Gasteiger partial charge in [0.25, 0.3) is 0 Å². The molecule has 10 heteroatoms. The normalized spacial score (nSPS) is 14.7. The van der Waals surface area contributed by atoms with E-state index in [-0.39, 0.29) is 17.1 Å². The van der Waals surface area contributed by atoms with Crippen LogP contribution in [0.2, 0.25) is 0 Å². The van der Waals surface area contributed by atoms with E-state index in [0.717, 1.165) is 6.07 Å². The topological polar surface area (TPSA) is 91.0 Å². The summed E-state index contributed by atoms with van der Waals surface area (Å²) in [5, 5.41) is 15.0. The molecule has 4 rings (SSSR count). The summed E-state index contributed by atoms with van der Waals surface area (Å²) in [6.07, 6.45) is -3.16. The van der Waals surface area contributed by atoms with Gasteiger partial charge in [0, 0.05) is 11.6 Å². The summed E-state index contributed by atoms with van der Waals surface area (Å²) in [4.78, 5) is 27.2. The van der Waals surface area contributed by atoms with Crippen LogP contribution in [0, 0.1) is 10.1 Å². The van der Waals surface area contributed by atoms with Crippen LogP contribution < -0.4 is 4.74 Å². The maximum Gasteiger partial charge on any atom is 0.416 e. The molecule has 166 valence electrons. The fraction of sp³-hybridized carbons (Fsp3) is 0.0435. The van der Waals surface area contributed by atoms with E-state index in [0.29, 0.717) is 29.0 Å². The minimum atomic E-state index is -4.72. The van der Waals surface area contributed by atoms with Crippen molar-refractivity contribution in [2.75, 3.05) is 0 Å². The van der Waals surface area contributed by atoms with Gasteiger partial charge in [0.15, 0.2) is 0 Å². The maximum atomic E-state index is 12.9. The third-order valence-corrected chi connectivity index (χ3v) is 4.64. The van der Waals surface area contributed by atoms with Crippen LogP contribution >= 0.6 is 0 Å². The van der Waals surface area contributed by atoms with E-state index in [1.165, 1.54) is 12.1 Å². The van der Waals surface area contributed by atoms with Crippen LogP contribution in [0.5, 0.6) is 11.5 Å². The van der Waals surface area contributed by atoms with E-state index in [1.807, 2.05) is 6.07 Å². The molecule has 7 nitrogen and oxygen atoms in total. The Hall–Kier alpha value is -4.47. The number of hydrogen-bond donors (Lipinski definition) is 0. The first-order valence-corrected chi connectivity index (χ1v) is 9.43. The van der Waals surface area contributed by atoms with E-state index >= 15 is 0 Å². The molecular weight excluding hydrogens is 441 g/mol. The number of halogens is 3. The first kappa shape index (κ1) is 21.8. The van der Waals surface area contributed by atoms with E-state index in [4.69, 9.17) is 9.57 Å². The number of nitrogens with zero attached hydrogens (tertiary/aromatic N) is 2. The number of hydrogen-bond acceptors (Lipinski definition) is 6. The summed E-state index contributed by atoms with van der Waals surface area (Å²) < 4.78 is 44.0. The summed E-state index contributed by atoms with van der Waals surface area (Å²) in [5.41, 5.74) is -0.0586. The fourth-order valence-electron chi connectivity index (χ4n) is 3.06. The van der Waals surface area contributed by atoms with E-state index < -0.39 is 28.3 Å². The summed E-state index contributed by atoms with van der Waals surface area (Å²) in [5.74, 6) is -0.794. The van der Waals surface area contributed by atoms with Gasteiger partial charge in [0.1, 0.15) is 11.5 Å². The van der Waals surface area contributed by atoms with Gasteiger partial charge in [-0.1, -0.05) is 47.6 Å². The van der Waals surface area contributed by atoms with Crippen LogP contribution in [0.4, 0.5) is 18.9 Å². The van der Waals surface area contributed by atoms with Crippen molar-refractivity contribution in [3.8, 4) is 11.5 Å². The fourth-order valence-corrected chi connectivity index (χ4v) is 3.06. The van der Waals surface area contributed by atoms with Crippen molar-refractivity contribution in [2.24, 2.45) is 5.16 Å². The lowest BCUT2D eigenvalue weighted by atomic mass is 10.0. The molecule has 0 aliphatic carbocycles. The van der Waals surface area contributed by atoms with Gasteiger partial charge in [0.05, 0.1) is 16.1 Å². The van der Waals surface area contributed by atoms with Gasteiger partial charge in [-0.2, -0.15) is 13.2 Å². The summed E-state index contributed by atoms with van der Waals surface area (Å²) in [6, 6.07) is 17.1. The van der Waals surface area contributed by atoms with Crippen molar-refractivity contribution < 1.29 is 32.5 Å². The van der Waals surface area contributed by atoms with Crippen molar-refractivity contribution >= 4 is 23.4 Å². The Bertz CT molecular complexity index is 1280. The van der Waals surface area contributed by atoms with Crippen molar-refractivity contribution in [1.29, 1.82) is 0 Å². The first-order valence-electron chi connectivity index (χ1n) is 9.43. The lowest BCUT2D eigenvalue weighted by Gasteiger charge is -2.10. The molecule has 0 radical (unpaired) electrons. The highest BCUT2D eigenvalue weighted by Crippen LogP contribution is 2.38. The van der Waals surface area contributed by atoms with Gasteiger partial charge < -0.3 is 9.57 Å². The molecule has 0 aromatic heterocycles. The minimum Gasteiger partial charge on any atom is -0.450 e. The second-order valence-electron chi connectivity index (χ2n) is 6.85. The zero-order valence-corrected chi connectivity index (χ0v) is 16.6. The van der Waals surface area contributed by atoms with E-state index in [2.05, 4.69) is 5.16 Å².